The Kier molecular flexibility index (Phi) is 4.59. The van der Waals surface area contributed by atoms with Gasteiger partial charge in [-0.1, -0.05) is 78.9 Å². The lowest BCUT2D eigenvalue weighted by Gasteiger charge is -2.28. The second-order valence-corrected chi connectivity index (χ2v) is 6.51. The minimum atomic E-state index is -0.669. The molecule has 27 heavy (non-hydrogen) atoms. The SMILES string of the molecule is N#C[C@@H](c1ccccc1O)N1N=C(c2ccccc2)C[C@@H]1c1ccccc1. The fourth-order valence-corrected chi connectivity index (χ4v) is 3.51. The van der Waals surface area contributed by atoms with Gasteiger partial charge in [0.2, 0.25) is 0 Å². The van der Waals surface area contributed by atoms with Crippen LogP contribution >= 0.6 is 0 Å². The predicted octanol–water partition coefficient (Wildman–Crippen LogP) is 4.81. The molecule has 4 nitrogen and oxygen atoms in total. The van der Waals surface area contributed by atoms with Crippen molar-refractivity contribution in [2.75, 3.05) is 0 Å². The van der Waals surface area contributed by atoms with E-state index in [0.717, 1.165) is 16.8 Å². The van der Waals surface area contributed by atoms with Crippen LogP contribution in [0.25, 0.3) is 0 Å². The molecule has 1 N–H and O–H groups in total. The summed E-state index contributed by atoms with van der Waals surface area (Å²) in [5.74, 6) is 0.110. The number of para-hydroxylation sites is 1. The Bertz CT molecular complexity index is 993. The minimum absolute atomic E-state index is 0.0642. The third-order valence-electron chi connectivity index (χ3n) is 4.85. The van der Waals surface area contributed by atoms with E-state index in [2.05, 4.69) is 18.2 Å². The summed E-state index contributed by atoms with van der Waals surface area (Å²) in [4.78, 5) is 0. The molecule has 4 rings (SSSR count). The lowest BCUT2D eigenvalue weighted by atomic mass is 9.96. The van der Waals surface area contributed by atoms with E-state index in [9.17, 15) is 10.4 Å². The first-order valence-electron chi connectivity index (χ1n) is 8.91. The first kappa shape index (κ1) is 16.9. The van der Waals surface area contributed by atoms with Gasteiger partial charge in [-0.25, -0.2) is 0 Å². The van der Waals surface area contributed by atoms with Crippen LogP contribution in [0.15, 0.2) is 90.0 Å². The smallest absolute Gasteiger partial charge is 0.162 e. The van der Waals surface area contributed by atoms with E-state index in [1.54, 1.807) is 18.2 Å². The number of hydrogen-bond acceptors (Lipinski definition) is 4. The molecule has 0 radical (unpaired) electrons. The van der Waals surface area contributed by atoms with Crippen molar-refractivity contribution in [2.24, 2.45) is 5.10 Å². The minimum Gasteiger partial charge on any atom is -0.508 e. The number of nitriles is 1. The van der Waals surface area contributed by atoms with Crippen molar-refractivity contribution in [1.82, 2.24) is 5.01 Å². The molecule has 1 aliphatic heterocycles. The maximum absolute atomic E-state index is 10.3. The van der Waals surface area contributed by atoms with Crippen molar-refractivity contribution < 1.29 is 5.11 Å². The molecule has 0 unspecified atom stereocenters. The molecule has 4 heteroatoms. The van der Waals surface area contributed by atoms with E-state index >= 15 is 0 Å². The van der Waals surface area contributed by atoms with Crippen LogP contribution in [0.4, 0.5) is 0 Å². The van der Waals surface area contributed by atoms with Crippen molar-refractivity contribution >= 4 is 5.71 Å². The number of nitrogens with zero attached hydrogens (tertiary/aromatic N) is 3. The van der Waals surface area contributed by atoms with E-state index in [-0.39, 0.29) is 11.8 Å². The highest BCUT2D eigenvalue weighted by Gasteiger charge is 2.35. The largest absolute Gasteiger partial charge is 0.508 e. The number of aromatic hydroxyl groups is 1. The number of rotatable bonds is 4. The quantitative estimate of drug-likeness (QED) is 0.732. The predicted molar refractivity (Wildman–Crippen MR) is 105 cm³/mol. The standard InChI is InChI=1S/C23H19N3O/c24-16-22(19-13-7-8-14-23(19)27)26-21(18-11-5-2-6-12-18)15-20(25-26)17-9-3-1-4-10-17/h1-14,21-22,27H,15H2/t21-,22+/m1/s1. The Labute approximate surface area is 158 Å². The lowest BCUT2D eigenvalue weighted by Crippen LogP contribution is -2.24. The topological polar surface area (TPSA) is 59.6 Å². The molecule has 0 amide bonds. The van der Waals surface area contributed by atoms with Gasteiger partial charge in [-0.3, -0.25) is 5.01 Å². The number of phenols is 1. The van der Waals surface area contributed by atoms with Crippen LogP contribution in [-0.2, 0) is 0 Å². The number of phenolic OH excluding ortho intramolecular Hbond substituents is 1. The Balaban J connectivity index is 1.78. The number of hydrazone groups is 1. The first-order valence-corrected chi connectivity index (χ1v) is 8.91. The van der Waals surface area contributed by atoms with Crippen molar-refractivity contribution in [3.8, 4) is 11.8 Å². The van der Waals surface area contributed by atoms with Gasteiger partial charge < -0.3 is 5.11 Å². The Morgan fingerprint density at radius 3 is 2.22 bits per heavy atom. The third-order valence-corrected chi connectivity index (χ3v) is 4.85. The molecular weight excluding hydrogens is 334 g/mol. The summed E-state index contributed by atoms with van der Waals surface area (Å²) in [6, 6.07) is 28.7. The molecule has 3 aromatic rings. The molecule has 0 bridgehead atoms. The fraction of sp³-hybridized carbons (Fsp3) is 0.130. The zero-order valence-corrected chi connectivity index (χ0v) is 14.7. The highest BCUT2D eigenvalue weighted by atomic mass is 16.3. The molecule has 132 valence electrons. The first-order chi connectivity index (χ1) is 13.3. The normalized spacial score (nSPS) is 17.2. The van der Waals surface area contributed by atoms with E-state index in [1.165, 1.54) is 0 Å². The average molecular weight is 353 g/mol. The monoisotopic (exact) mass is 353 g/mol. The summed E-state index contributed by atoms with van der Waals surface area (Å²) >= 11 is 0. The molecule has 0 fully saturated rings. The van der Waals surface area contributed by atoms with Crippen LogP contribution in [0, 0.1) is 11.3 Å². The highest BCUT2D eigenvalue weighted by Crippen LogP contribution is 2.40. The van der Waals surface area contributed by atoms with Gasteiger partial charge in [0.25, 0.3) is 0 Å². The van der Waals surface area contributed by atoms with E-state index < -0.39 is 6.04 Å². The van der Waals surface area contributed by atoms with E-state index in [0.29, 0.717) is 12.0 Å². The molecule has 0 aliphatic carbocycles. The van der Waals surface area contributed by atoms with Gasteiger partial charge in [0.15, 0.2) is 6.04 Å². The Morgan fingerprint density at radius 2 is 1.56 bits per heavy atom. The van der Waals surface area contributed by atoms with Crippen molar-refractivity contribution in [2.45, 2.75) is 18.5 Å². The van der Waals surface area contributed by atoms with Crippen LogP contribution in [-0.4, -0.2) is 15.8 Å². The highest BCUT2D eigenvalue weighted by molar-refractivity contribution is 6.01. The van der Waals surface area contributed by atoms with E-state index in [4.69, 9.17) is 5.10 Å². The zero-order chi connectivity index (χ0) is 18.6. The number of hydrogen-bond donors (Lipinski definition) is 1. The molecule has 1 heterocycles. The summed E-state index contributed by atoms with van der Waals surface area (Å²) in [5, 5.41) is 26.8. The molecule has 3 aromatic carbocycles. The fourth-order valence-electron chi connectivity index (χ4n) is 3.51. The van der Waals surface area contributed by atoms with Gasteiger partial charge in [-0.15, -0.1) is 0 Å². The second-order valence-electron chi connectivity index (χ2n) is 6.51. The van der Waals surface area contributed by atoms with Crippen molar-refractivity contribution in [3.05, 3.63) is 102 Å². The van der Waals surface area contributed by atoms with Crippen molar-refractivity contribution in [1.29, 1.82) is 5.26 Å². The van der Waals surface area contributed by atoms with E-state index in [1.807, 2.05) is 59.6 Å². The summed E-state index contributed by atoms with van der Waals surface area (Å²) in [6.45, 7) is 0. The average Bonchev–Trinajstić information content (AvgIpc) is 3.16. The van der Waals surface area contributed by atoms with Gasteiger partial charge in [0.05, 0.1) is 17.8 Å². The molecule has 2 atom stereocenters. The molecule has 0 spiro atoms. The third kappa shape index (κ3) is 3.28. The van der Waals surface area contributed by atoms with Crippen LogP contribution in [0.3, 0.4) is 0 Å². The molecule has 1 aliphatic rings. The van der Waals surface area contributed by atoms with Crippen molar-refractivity contribution in [3.63, 3.8) is 0 Å². The van der Waals surface area contributed by atoms with Gasteiger partial charge in [-0.05, 0) is 17.2 Å². The van der Waals surface area contributed by atoms with Gasteiger partial charge in [0.1, 0.15) is 5.75 Å². The summed E-state index contributed by atoms with van der Waals surface area (Å²) < 4.78 is 0. The summed E-state index contributed by atoms with van der Waals surface area (Å²) in [7, 11) is 0. The molecule has 0 saturated heterocycles. The summed E-state index contributed by atoms with van der Waals surface area (Å²) in [6.07, 6.45) is 0.708. The van der Waals surface area contributed by atoms with Crippen LogP contribution < -0.4 is 0 Å². The molecule has 0 saturated carbocycles. The Hall–Kier alpha value is -3.58. The number of benzene rings is 3. The van der Waals surface area contributed by atoms with Gasteiger partial charge in [-0.2, -0.15) is 10.4 Å². The zero-order valence-electron chi connectivity index (χ0n) is 14.7. The molecule has 0 aromatic heterocycles. The summed E-state index contributed by atoms with van der Waals surface area (Å²) in [5.41, 5.74) is 3.66. The van der Waals surface area contributed by atoms with Crippen LogP contribution in [0.5, 0.6) is 5.75 Å². The molecular formula is C23H19N3O. The van der Waals surface area contributed by atoms with Crippen LogP contribution in [0.1, 0.15) is 35.2 Å². The van der Waals surface area contributed by atoms with Gasteiger partial charge >= 0.3 is 0 Å². The lowest BCUT2D eigenvalue weighted by molar-refractivity contribution is 0.194. The van der Waals surface area contributed by atoms with Crippen LogP contribution in [0.2, 0.25) is 0 Å². The van der Waals surface area contributed by atoms with Gasteiger partial charge in [0, 0.05) is 12.0 Å². The maximum Gasteiger partial charge on any atom is 0.162 e. The second kappa shape index (κ2) is 7.35. The Morgan fingerprint density at radius 1 is 0.926 bits per heavy atom. The maximum atomic E-state index is 10.3.